The summed E-state index contributed by atoms with van der Waals surface area (Å²) in [6.07, 6.45) is 10.0. The van der Waals surface area contributed by atoms with Crippen LogP contribution < -0.4 is 9.44 Å². The van der Waals surface area contributed by atoms with E-state index >= 15 is 0 Å². The average molecular weight is 524 g/mol. The van der Waals surface area contributed by atoms with Gasteiger partial charge in [-0.25, -0.2) is 31.1 Å². The van der Waals surface area contributed by atoms with Gasteiger partial charge in [0.05, 0.1) is 19.1 Å². The summed E-state index contributed by atoms with van der Waals surface area (Å²) >= 11 is 0. The predicted molar refractivity (Wildman–Crippen MR) is 133 cm³/mol. The van der Waals surface area contributed by atoms with Crippen LogP contribution >= 0.6 is 0 Å². The summed E-state index contributed by atoms with van der Waals surface area (Å²) in [5, 5.41) is 9.43. The Bertz CT molecular complexity index is 1170. The number of nitrogens with one attached hydrogen (secondary N) is 2. The summed E-state index contributed by atoms with van der Waals surface area (Å²) < 4.78 is 50.6. The van der Waals surface area contributed by atoms with Gasteiger partial charge in [-0.3, -0.25) is 10.7 Å². The minimum Gasteiger partial charge on any atom is -0.763 e. The van der Waals surface area contributed by atoms with Crippen molar-refractivity contribution in [2.45, 2.75) is 63.5 Å². The summed E-state index contributed by atoms with van der Waals surface area (Å²) in [4.78, 5) is 28.8. The SMILES string of the molecule is [C-]#[N+]C(=CC=CC(=C=[N-])C(=O)C1CCC(NS(C)(=O)=O)CC1)C(=O)C1CCC(NS(C)(=O)=O)CC1. The summed E-state index contributed by atoms with van der Waals surface area (Å²) in [5.74, 6) is 0.459. The van der Waals surface area contributed by atoms with Gasteiger partial charge in [-0.2, -0.15) is 0 Å². The van der Waals surface area contributed by atoms with Crippen LogP contribution in [0.15, 0.2) is 29.5 Å². The third kappa shape index (κ3) is 9.63. The van der Waals surface area contributed by atoms with Crippen LogP contribution in [0.5, 0.6) is 0 Å². The van der Waals surface area contributed by atoms with Crippen molar-refractivity contribution in [3.05, 3.63) is 46.3 Å². The Kier molecular flexibility index (Phi) is 10.3. The monoisotopic (exact) mass is 523 g/mol. The Morgan fingerprint density at radius 3 is 1.66 bits per heavy atom. The first-order valence-corrected chi connectivity index (χ1v) is 15.2. The third-order valence-corrected chi connectivity index (χ3v) is 7.76. The van der Waals surface area contributed by atoms with E-state index < -0.39 is 20.0 Å². The quantitative estimate of drug-likeness (QED) is 0.193. The van der Waals surface area contributed by atoms with Gasteiger partial charge in [0.1, 0.15) is 0 Å². The van der Waals surface area contributed by atoms with Gasteiger partial charge in [-0.05, 0) is 57.4 Å². The Morgan fingerprint density at radius 1 is 0.857 bits per heavy atom. The minimum atomic E-state index is -3.32. The van der Waals surface area contributed by atoms with Crippen LogP contribution in [0.3, 0.4) is 0 Å². The van der Waals surface area contributed by atoms with Gasteiger partial charge in [0.25, 0.3) is 0 Å². The smallest absolute Gasteiger partial charge is 0.229 e. The lowest BCUT2D eigenvalue weighted by Crippen LogP contribution is -2.38. The largest absolute Gasteiger partial charge is 0.763 e. The van der Waals surface area contributed by atoms with Crippen molar-refractivity contribution < 1.29 is 26.4 Å². The van der Waals surface area contributed by atoms with E-state index in [0.29, 0.717) is 51.4 Å². The first-order valence-electron chi connectivity index (χ1n) is 11.4. The van der Waals surface area contributed by atoms with Crippen molar-refractivity contribution in [3.63, 3.8) is 0 Å². The molecule has 0 aromatic heterocycles. The molecule has 0 spiro atoms. The molecule has 2 fully saturated rings. The molecule has 12 heteroatoms. The molecule has 10 nitrogen and oxygen atoms in total. The van der Waals surface area contributed by atoms with Crippen molar-refractivity contribution >= 4 is 37.5 Å². The van der Waals surface area contributed by atoms with Crippen molar-refractivity contribution in [2.24, 2.45) is 11.8 Å². The first kappa shape index (κ1) is 28.8. The maximum atomic E-state index is 12.7. The van der Waals surface area contributed by atoms with Gasteiger partial charge in [0.2, 0.25) is 25.7 Å². The lowest BCUT2D eigenvalue weighted by atomic mass is 9.82. The van der Waals surface area contributed by atoms with Crippen molar-refractivity contribution in [2.75, 3.05) is 12.5 Å². The van der Waals surface area contributed by atoms with Crippen molar-refractivity contribution in [3.8, 4) is 0 Å². The van der Waals surface area contributed by atoms with E-state index in [0.717, 1.165) is 12.5 Å². The van der Waals surface area contributed by atoms with Gasteiger partial charge in [-0.1, -0.05) is 12.2 Å². The van der Waals surface area contributed by atoms with E-state index in [-0.39, 0.29) is 46.8 Å². The fourth-order valence-corrected chi connectivity index (χ4v) is 6.25. The molecule has 2 saturated carbocycles. The predicted octanol–water partition coefficient (Wildman–Crippen LogP) is 1.87. The molecule has 0 radical (unpaired) electrons. The number of nitrogens with zero attached hydrogens (tertiary/aromatic N) is 2. The molecule has 0 aliphatic heterocycles. The van der Waals surface area contributed by atoms with E-state index in [4.69, 9.17) is 6.57 Å². The van der Waals surface area contributed by atoms with Crippen LogP contribution in [0.1, 0.15) is 51.4 Å². The molecule has 0 bridgehead atoms. The Balaban J connectivity index is 1.95. The van der Waals surface area contributed by atoms with E-state index in [9.17, 15) is 31.8 Å². The maximum Gasteiger partial charge on any atom is 0.229 e. The second kappa shape index (κ2) is 12.5. The van der Waals surface area contributed by atoms with Gasteiger partial charge >= 0.3 is 0 Å². The van der Waals surface area contributed by atoms with Gasteiger partial charge in [-0.15, -0.1) is 0 Å². The molecule has 0 unspecified atom stereocenters. The number of ketones is 2. The molecule has 35 heavy (non-hydrogen) atoms. The summed E-state index contributed by atoms with van der Waals surface area (Å²) in [5.41, 5.74) is -0.178. The number of Topliss-reactive ketones (excluding diaryl/α,β-unsaturated/α-hetero) is 2. The second-order valence-electron chi connectivity index (χ2n) is 9.15. The molecular weight excluding hydrogens is 492 g/mol. The molecule has 192 valence electrons. The Morgan fingerprint density at radius 2 is 1.29 bits per heavy atom. The number of hydrogen-bond acceptors (Lipinski definition) is 6. The molecule has 0 saturated heterocycles. The van der Waals surface area contributed by atoms with E-state index in [2.05, 4.69) is 14.3 Å². The highest BCUT2D eigenvalue weighted by atomic mass is 32.2. The van der Waals surface area contributed by atoms with Crippen LogP contribution in [0.25, 0.3) is 10.3 Å². The highest BCUT2D eigenvalue weighted by Gasteiger charge is 2.30. The molecule has 2 rings (SSSR count). The molecule has 2 aliphatic carbocycles. The molecule has 0 heterocycles. The number of allylic oxidation sites excluding steroid dienone is 5. The van der Waals surface area contributed by atoms with E-state index in [1.54, 1.807) is 0 Å². The topological polar surface area (TPSA) is 153 Å². The Labute approximate surface area is 207 Å². The number of hydrogen-bond donors (Lipinski definition) is 2. The van der Waals surface area contributed by atoms with Gasteiger partial charge in [0, 0.05) is 29.5 Å². The molecular formula is C23H31N4O6S2-. The van der Waals surface area contributed by atoms with Crippen molar-refractivity contribution in [1.29, 1.82) is 0 Å². The van der Waals surface area contributed by atoms with E-state index in [1.165, 1.54) is 18.2 Å². The van der Waals surface area contributed by atoms with E-state index in [1.807, 2.05) is 5.87 Å². The summed E-state index contributed by atoms with van der Waals surface area (Å²) in [7, 11) is -6.64. The molecule has 2 N–H and O–H groups in total. The average Bonchev–Trinajstić information content (AvgIpc) is 2.77. The second-order valence-corrected chi connectivity index (χ2v) is 12.7. The molecule has 0 atom stereocenters. The normalized spacial score (nSPS) is 26.0. The summed E-state index contributed by atoms with van der Waals surface area (Å²) in [6.45, 7) is 7.35. The summed E-state index contributed by atoms with van der Waals surface area (Å²) in [6, 6.07) is -0.437. The van der Waals surface area contributed by atoms with Crippen LogP contribution in [0, 0.1) is 18.4 Å². The molecule has 0 amide bonds. The minimum absolute atomic E-state index is 0.0788. The number of carbonyl (C=O) groups is 2. The van der Waals surface area contributed by atoms with Crippen LogP contribution in [0.2, 0.25) is 0 Å². The van der Waals surface area contributed by atoms with Crippen LogP contribution in [0.4, 0.5) is 0 Å². The fraction of sp³-hybridized carbons (Fsp3) is 0.609. The maximum absolute atomic E-state index is 12.7. The molecule has 0 aromatic carbocycles. The van der Waals surface area contributed by atoms with Crippen LogP contribution in [-0.2, 0) is 29.6 Å². The lowest BCUT2D eigenvalue weighted by Gasteiger charge is -2.27. The third-order valence-electron chi connectivity index (χ3n) is 6.23. The van der Waals surface area contributed by atoms with Crippen LogP contribution in [-0.4, -0.2) is 58.9 Å². The number of sulfonamides is 2. The zero-order valence-electron chi connectivity index (χ0n) is 19.9. The highest BCUT2D eigenvalue weighted by Crippen LogP contribution is 2.29. The molecule has 0 aromatic rings. The fourth-order valence-electron chi connectivity index (χ4n) is 4.57. The number of carbonyl (C=O) groups excluding carboxylic acids is 2. The zero-order valence-corrected chi connectivity index (χ0v) is 21.5. The zero-order chi connectivity index (χ0) is 26.2. The lowest BCUT2D eigenvalue weighted by molar-refractivity contribution is -0.120. The first-order chi connectivity index (χ1) is 16.3. The number of rotatable bonds is 10. The Hall–Kier alpha value is -2.42. The van der Waals surface area contributed by atoms with Gasteiger partial charge in [0.15, 0.2) is 11.6 Å². The van der Waals surface area contributed by atoms with Gasteiger partial charge < -0.3 is 10.2 Å². The van der Waals surface area contributed by atoms with Crippen molar-refractivity contribution in [1.82, 2.24) is 9.44 Å². The standard InChI is InChI=1S/C23H31N4O6S2/c1-25-21(23(29)17-9-13-20(14-10-17)27-35(3,32)33)6-4-5-18(15-24)22(28)16-7-11-19(12-8-16)26-34(2,30)31/h4-6,16-17,19-20,26-27H,7-14H2,2-3H3/q-1. The molecule has 2 aliphatic rings. The highest BCUT2D eigenvalue weighted by molar-refractivity contribution is 7.89.